The van der Waals surface area contributed by atoms with Gasteiger partial charge in [0.2, 0.25) is 0 Å². The van der Waals surface area contributed by atoms with Gasteiger partial charge in [0.25, 0.3) is 0 Å². The molecule has 3 rings (SSSR count). The summed E-state index contributed by atoms with van der Waals surface area (Å²) >= 11 is 6.37. The van der Waals surface area contributed by atoms with Crippen LogP contribution in [0.4, 0.5) is 4.79 Å². The minimum absolute atomic E-state index is 0.117. The van der Waals surface area contributed by atoms with Gasteiger partial charge in [-0.1, -0.05) is 35.9 Å². The second-order valence-electron chi connectivity index (χ2n) is 6.78. The first-order valence-corrected chi connectivity index (χ1v) is 9.43. The molecule has 0 aliphatic carbocycles. The van der Waals surface area contributed by atoms with E-state index >= 15 is 0 Å². The number of methoxy groups -OCH3 is 1. The Morgan fingerprint density at radius 3 is 2.64 bits per heavy atom. The molecule has 28 heavy (non-hydrogen) atoms. The van der Waals surface area contributed by atoms with Crippen LogP contribution in [-0.4, -0.2) is 42.3 Å². The molecule has 6 nitrogen and oxygen atoms in total. The van der Waals surface area contributed by atoms with Crippen LogP contribution in [0.2, 0.25) is 5.02 Å². The largest absolute Gasteiger partial charge is 0.513 e. The molecule has 0 spiro atoms. The molecule has 3 unspecified atom stereocenters. The van der Waals surface area contributed by atoms with Crippen molar-refractivity contribution in [2.75, 3.05) is 13.7 Å². The van der Waals surface area contributed by atoms with Crippen LogP contribution in [0.15, 0.2) is 42.5 Å². The lowest BCUT2D eigenvalue weighted by Gasteiger charge is -2.32. The van der Waals surface area contributed by atoms with Gasteiger partial charge in [-0.25, -0.2) is 4.79 Å². The van der Waals surface area contributed by atoms with E-state index in [4.69, 9.17) is 21.1 Å². The van der Waals surface area contributed by atoms with Gasteiger partial charge in [0, 0.05) is 17.9 Å². The van der Waals surface area contributed by atoms with E-state index in [0.717, 1.165) is 16.7 Å². The van der Waals surface area contributed by atoms with Crippen LogP contribution in [0.5, 0.6) is 5.75 Å². The number of halogens is 1. The van der Waals surface area contributed by atoms with Crippen LogP contribution in [-0.2, 0) is 15.9 Å². The van der Waals surface area contributed by atoms with Crippen molar-refractivity contribution in [3.63, 3.8) is 0 Å². The Morgan fingerprint density at radius 1 is 1.21 bits per heavy atom. The summed E-state index contributed by atoms with van der Waals surface area (Å²) in [6.45, 7) is -0.117. The molecular formula is C21H23ClO6. The van der Waals surface area contributed by atoms with Crippen molar-refractivity contribution < 1.29 is 29.2 Å². The standard InChI is InChI=1S/C21H23ClO6/c1-26-21(25)28-17-5-2-13(3-6-17)8-15-9-14(4-7-19(15)22)20-11-16(24)10-18(12-23)27-20/h2-7,9,16,18,20,23-24H,8,10-12H2,1H3. The number of aliphatic hydroxyl groups is 2. The Kier molecular flexibility index (Phi) is 6.91. The fourth-order valence-corrected chi connectivity index (χ4v) is 3.47. The molecule has 150 valence electrons. The Morgan fingerprint density at radius 2 is 1.96 bits per heavy atom. The summed E-state index contributed by atoms with van der Waals surface area (Å²) in [5.41, 5.74) is 2.83. The lowest BCUT2D eigenvalue weighted by atomic mass is 9.94. The highest BCUT2D eigenvalue weighted by Gasteiger charge is 2.29. The molecule has 1 aliphatic heterocycles. The normalized spacial score (nSPS) is 21.9. The third kappa shape index (κ3) is 5.23. The SMILES string of the molecule is COC(=O)Oc1ccc(Cc2cc(C3CC(O)CC(CO)O3)ccc2Cl)cc1. The summed E-state index contributed by atoms with van der Waals surface area (Å²) in [5, 5.41) is 20.0. The lowest BCUT2D eigenvalue weighted by Crippen LogP contribution is -2.33. The summed E-state index contributed by atoms with van der Waals surface area (Å²) < 4.78 is 15.3. The lowest BCUT2D eigenvalue weighted by molar-refractivity contribution is -0.113. The Labute approximate surface area is 168 Å². The molecule has 1 heterocycles. The second kappa shape index (κ2) is 9.39. The van der Waals surface area contributed by atoms with Crippen molar-refractivity contribution in [2.24, 2.45) is 0 Å². The van der Waals surface area contributed by atoms with E-state index < -0.39 is 12.3 Å². The van der Waals surface area contributed by atoms with Crippen molar-refractivity contribution in [1.29, 1.82) is 0 Å². The number of ether oxygens (including phenoxy) is 3. The number of carbonyl (C=O) groups is 1. The molecule has 2 N–H and O–H groups in total. The van der Waals surface area contributed by atoms with Crippen molar-refractivity contribution >= 4 is 17.8 Å². The quantitative estimate of drug-likeness (QED) is 0.582. The average Bonchev–Trinajstić information content (AvgIpc) is 2.70. The van der Waals surface area contributed by atoms with Gasteiger partial charge in [-0.05, 0) is 41.3 Å². The molecule has 1 saturated heterocycles. The van der Waals surface area contributed by atoms with E-state index in [1.54, 1.807) is 12.1 Å². The summed E-state index contributed by atoms with van der Waals surface area (Å²) in [6.07, 6.45) is -0.409. The van der Waals surface area contributed by atoms with E-state index in [1.165, 1.54) is 7.11 Å². The minimum Gasteiger partial charge on any atom is -0.437 e. The third-order valence-electron chi connectivity index (χ3n) is 4.71. The van der Waals surface area contributed by atoms with E-state index in [-0.39, 0.29) is 18.8 Å². The van der Waals surface area contributed by atoms with E-state index in [0.29, 0.717) is 30.0 Å². The van der Waals surface area contributed by atoms with Crippen LogP contribution in [0, 0.1) is 0 Å². The van der Waals surface area contributed by atoms with Gasteiger partial charge in [0.15, 0.2) is 0 Å². The van der Waals surface area contributed by atoms with Crippen molar-refractivity contribution in [3.05, 3.63) is 64.2 Å². The summed E-state index contributed by atoms with van der Waals surface area (Å²) in [4.78, 5) is 11.2. The summed E-state index contributed by atoms with van der Waals surface area (Å²) in [5.74, 6) is 0.398. The molecule has 0 bridgehead atoms. The smallest absolute Gasteiger partial charge is 0.437 e. The molecule has 2 aromatic carbocycles. The second-order valence-corrected chi connectivity index (χ2v) is 7.19. The van der Waals surface area contributed by atoms with Crippen molar-refractivity contribution in [3.8, 4) is 5.75 Å². The Balaban J connectivity index is 1.74. The molecule has 0 saturated carbocycles. The molecule has 0 radical (unpaired) electrons. The van der Waals surface area contributed by atoms with Gasteiger partial charge >= 0.3 is 6.16 Å². The van der Waals surface area contributed by atoms with Crippen LogP contribution in [0.25, 0.3) is 0 Å². The van der Waals surface area contributed by atoms with Gasteiger partial charge in [0.1, 0.15) is 5.75 Å². The highest BCUT2D eigenvalue weighted by atomic mass is 35.5. The molecule has 2 aromatic rings. The molecule has 0 amide bonds. The highest BCUT2D eigenvalue weighted by Crippen LogP contribution is 2.33. The van der Waals surface area contributed by atoms with E-state index in [9.17, 15) is 15.0 Å². The first-order valence-electron chi connectivity index (χ1n) is 9.06. The Bertz CT molecular complexity index is 807. The van der Waals surface area contributed by atoms with Crippen LogP contribution >= 0.6 is 11.6 Å². The number of hydrogen-bond acceptors (Lipinski definition) is 6. The number of hydrogen-bond donors (Lipinski definition) is 2. The molecule has 0 aromatic heterocycles. The van der Waals surface area contributed by atoms with Gasteiger partial charge in [-0.3, -0.25) is 0 Å². The predicted octanol–water partition coefficient (Wildman–Crippen LogP) is 3.65. The molecular weight excluding hydrogens is 384 g/mol. The molecule has 3 atom stereocenters. The van der Waals surface area contributed by atoms with Crippen LogP contribution in [0.3, 0.4) is 0 Å². The van der Waals surface area contributed by atoms with E-state index in [1.807, 2.05) is 30.3 Å². The van der Waals surface area contributed by atoms with Crippen LogP contribution in [0.1, 0.15) is 35.6 Å². The van der Waals surface area contributed by atoms with Gasteiger partial charge in [-0.2, -0.15) is 0 Å². The first kappa shape index (κ1) is 20.6. The Hall–Kier alpha value is -2.12. The van der Waals surface area contributed by atoms with Crippen molar-refractivity contribution in [1.82, 2.24) is 0 Å². The summed E-state index contributed by atoms with van der Waals surface area (Å²) in [7, 11) is 1.25. The average molecular weight is 407 g/mol. The number of aliphatic hydroxyl groups excluding tert-OH is 2. The minimum atomic E-state index is -0.764. The van der Waals surface area contributed by atoms with Crippen molar-refractivity contribution in [2.45, 2.75) is 37.6 Å². The highest BCUT2D eigenvalue weighted by molar-refractivity contribution is 6.31. The summed E-state index contributed by atoms with van der Waals surface area (Å²) in [6, 6.07) is 12.8. The number of carbonyl (C=O) groups excluding carboxylic acids is 1. The zero-order valence-electron chi connectivity index (χ0n) is 15.5. The predicted molar refractivity (Wildman–Crippen MR) is 104 cm³/mol. The number of benzene rings is 2. The maximum absolute atomic E-state index is 11.2. The third-order valence-corrected chi connectivity index (χ3v) is 5.08. The monoisotopic (exact) mass is 406 g/mol. The fraction of sp³-hybridized carbons (Fsp3) is 0.381. The molecule has 7 heteroatoms. The van der Waals surface area contributed by atoms with E-state index in [2.05, 4.69) is 4.74 Å². The fourth-order valence-electron chi connectivity index (χ4n) is 3.29. The van der Waals surface area contributed by atoms with Crippen LogP contribution < -0.4 is 4.74 Å². The zero-order valence-corrected chi connectivity index (χ0v) is 16.3. The maximum atomic E-state index is 11.2. The molecule has 1 aliphatic rings. The van der Waals surface area contributed by atoms with Gasteiger partial charge in [-0.15, -0.1) is 0 Å². The first-order chi connectivity index (χ1) is 13.5. The zero-order chi connectivity index (χ0) is 20.1. The topological polar surface area (TPSA) is 85.2 Å². The van der Waals surface area contributed by atoms with Gasteiger partial charge < -0.3 is 24.4 Å². The maximum Gasteiger partial charge on any atom is 0.513 e. The number of rotatable bonds is 5. The molecule has 1 fully saturated rings. The van der Waals surface area contributed by atoms with Gasteiger partial charge in [0.05, 0.1) is 32.0 Å².